The molecule has 26 heavy (non-hydrogen) atoms. The van der Waals surface area contributed by atoms with Crippen LogP contribution in [0.2, 0.25) is 0 Å². The summed E-state index contributed by atoms with van der Waals surface area (Å²) < 4.78 is 6.57. The number of rotatable bonds is 4. The molecule has 4 rings (SSSR count). The largest absolute Gasteiger partial charge is 0.467 e. The molecule has 0 N–H and O–H groups in total. The zero-order chi connectivity index (χ0) is 17.9. The molecule has 2 aliphatic rings. The van der Waals surface area contributed by atoms with Crippen molar-refractivity contribution < 1.29 is 9.21 Å². The molecule has 0 unspecified atom stereocenters. The lowest BCUT2D eigenvalue weighted by atomic mass is 10.0. The normalized spacial score (nSPS) is 19.6. The molecule has 0 aliphatic carbocycles. The summed E-state index contributed by atoms with van der Waals surface area (Å²) in [6.45, 7) is 2.90. The number of hydrazone groups is 1. The molecule has 1 aromatic heterocycles. The van der Waals surface area contributed by atoms with Crippen LogP contribution in [0.4, 0.5) is 0 Å². The van der Waals surface area contributed by atoms with E-state index >= 15 is 0 Å². The summed E-state index contributed by atoms with van der Waals surface area (Å²) in [7, 11) is 0. The molecule has 5 nitrogen and oxygen atoms in total. The average molecular weight is 386 g/mol. The lowest BCUT2D eigenvalue weighted by Crippen LogP contribution is -2.28. The Morgan fingerprint density at radius 2 is 2.19 bits per heavy atom. The van der Waals surface area contributed by atoms with Crippen LogP contribution in [0.1, 0.15) is 29.3 Å². The molecule has 0 saturated carbocycles. The number of benzene rings is 1. The topological polar surface area (TPSA) is 58.2 Å². The van der Waals surface area contributed by atoms with E-state index in [0.29, 0.717) is 12.2 Å². The second-order valence-electron chi connectivity index (χ2n) is 6.17. The monoisotopic (exact) mass is 385 g/mol. The van der Waals surface area contributed by atoms with Gasteiger partial charge >= 0.3 is 0 Å². The van der Waals surface area contributed by atoms with E-state index in [9.17, 15) is 4.79 Å². The Bertz CT molecular complexity index is 844. The Morgan fingerprint density at radius 3 is 2.88 bits per heavy atom. The maximum absolute atomic E-state index is 12.8. The Labute approximate surface area is 160 Å². The van der Waals surface area contributed by atoms with E-state index in [1.807, 2.05) is 12.1 Å². The van der Waals surface area contributed by atoms with Gasteiger partial charge in [0.05, 0.1) is 24.3 Å². The van der Waals surface area contributed by atoms with Gasteiger partial charge in [0.2, 0.25) is 0 Å². The quantitative estimate of drug-likeness (QED) is 0.795. The average Bonchev–Trinajstić information content (AvgIpc) is 3.41. The number of aliphatic imine (C=N–C) groups is 1. The molecular weight excluding hydrogens is 366 g/mol. The van der Waals surface area contributed by atoms with E-state index in [0.717, 1.165) is 33.7 Å². The maximum Gasteiger partial charge on any atom is 0.253 e. The zero-order valence-electron chi connectivity index (χ0n) is 14.4. The molecule has 134 valence electrons. The first-order valence-corrected chi connectivity index (χ1v) is 10.5. The highest BCUT2D eigenvalue weighted by molar-refractivity contribution is 8.39. The molecule has 3 heterocycles. The fraction of sp³-hybridized carbons (Fsp3) is 0.316. The van der Waals surface area contributed by atoms with Gasteiger partial charge in [-0.1, -0.05) is 53.4 Å². The Kier molecular flexibility index (Phi) is 5.17. The predicted molar refractivity (Wildman–Crippen MR) is 108 cm³/mol. The smallest absolute Gasteiger partial charge is 0.253 e. The highest BCUT2D eigenvalue weighted by atomic mass is 32.2. The number of carbonyl (C=O) groups is 1. The zero-order valence-corrected chi connectivity index (χ0v) is 16.1. The van der Waals surface area contributed by atoms with Crippen molar-refractivity contribution >= 4 is 39.5 Å². The maximum atomic E-state index is 12.8. The van der Waals surface area contributed by atoms with Gasteiger partial charge in [0.1, 0.15) is 16.2 Å². The first kappa shape index (κ1) is 17.4. The molecule has 2 aliphatic heterocycles. The van der Waals surface area contributed by atoms with E-state index in [1.54, 1.807) is 23.0 Å². The van der Waals surface area contributed by atoms with Crippen LogP contribution in [0.15, 0.2) is 57.2 Å². The van der Waals surface area contributed by atoms with Crippen molar-refractivity contribution in [3.63, 3.8) is 0 Å². The number of aryl methyl sites for hydroxylation is 1. The van der Waals surface area contributed by atoms with Gasteiger partial charge in [0, 0.05) is 12.2 Å². The van der Waals surface area contributed by atoms with E-state index in [4.69, 9.17) is 4.42 Å². The van der Waals surface area contributed by atoms with Crippen LogP contribution in [0.3, 0.4) is 0 Å². The van der Waals surface area contributed by atoms with Crippen LogP contribution in [0.25, 0.3) is 0 Å². The standard InChI is InChI=1S/C19H19N3O2S2/c1-13-4-6-14(7-5-13)15-11-16(17-3-2-9-24-17)22(21-15)18(23)12-26-19-20-8-10-25-19/h2-7,9,16H,8,10-12H2,1H3/t16-/m1/s1. The van der Waals surface area contributed by atoms with Crippen molar-refractivity contribution in [3.8, 4) is 0 Å². The van der Waals surface area contributed by atoms with Crippen molar-refractivity contribution in [1.29, 1.82) is 0 Å². The van der Waals surface area contributed by atoms with Crippen LogP contribution < -0.4 is 0 Å². The third-order valence-corrected chi connectivity index (χ3v) is 6.54. The summed E-state index contributed by atoms with van der Waals surface area (Å²) in [5, 5.41) is 6.24. The molecule has 0 fully saturated rings. The number of hydrogen-bond acceptors (Lipinski definition) is 6. The highest BCUT2D eigenvalue weighted by Gasteiger charge is 2.34. The second kappa shape index (κ2) is 7.72. The van der Waals surface area contributed by atoms with Crippen molar-refractivity contribution in [2.75, 3.05) is 18.1 Å². The lowest BCUT2D eigenvalue weighted by Gasteiger charge is -2.19. The van der Waals surface area contributed by atoms with Gasteiger partial charge in [0.15, 0.2) is 0 Å². The van der Waals surface area contributed by atoms with Gasteiger partial charge < -0.3 is 4.42 Å². The summed E-state index contributed by atoms with van der Waals surface area (Å²) in [6, 6.07) is 11.8. The number of furan rings is 1. The molecule has 0 saturated heterocycles. The van der Waals surface area contributed by atoms with Gasteiger partial charge in [0.25, 0.3) is 5.91 Å². The minimum atomic E-state index is -0.187. The molecule has 0 radical (unpaired) electrons. The first-order chi connectivity index (χ1) is 12.7. The predicted octanol–water partition coefficient (Wildman–Crippen LogP) is 4.10. The van der Waals surface area contributed by atoms with Crippen LogP contribution in [-0.2, 0) is 4.79 Å². The highest BCUT2D eigenvalue weighted by Crippen LogP contribution is 2.34. The SMILES string of the molecule is Cc1ccc(C2=NN(C(=O)CSC3=NCCS3)[C@@H](c3ccco3)C2)cc1. The number of thioether (sulfide) groups is 2. The van der Waals surface area contributed by atoms with Crippen LogP contribution in [0.5, 0.6) is 0 Å². The van der Waals surface area contributed by atoms with Crippen LogP contribution in [-0.4, -0.2) is 39.1 Å². The molecule has 1 amide bonds. The fourth-order valence-corrected chi connectivity index (χ4v) is 4.82. The van der Waals surface area contributed by atoms with Gasteiger partial charge in [-0.3, -0.25) is 9.79 Å². The number of amides is 1. The molecule has 0 bridgehead atoms. The van der Waals surface area contributed by atoms with Crippen LogP contribution in [0, 0.1) is 6.92 Å². The minimum absolute atomic E-state index is 0.0197. The first-order valence-electron chi connectivity index (χ1n) is 8.51. The molecular formula is C19H19N3O2S2. The molecule has 2 aromatic rings. The fourth-order valence-electron chi connectivity index (χ4n) is 2.96. The molecule has 1 aromatic carbocycles. The minimum Gasteiger partial charge on any atom is -0.467 e. The number of nitrogens with zero attached hydrogens (tertiary/aromatic N) is 3. The van der Waals surface area contributed by atoms with Crippen molar-refractivity contribution in [2.45, 2.75) is 19.4 Å². The van der Waals surface area contributed by atoms with Gasteiger partial charge in [-0.2, -0.15) is 5.10 Å². The Hall–Kier alpha value is -1.99. The summed E-state index contributed by atoms with van der Waals surface area (Å²) in [5.41, 5.74) is 3.16. The van der Waals surface area contributed by atoms with Crippen LogP contribution >= 0.6 is 23.5 Å². The van der Waals surface area contributed by atoms with E-state index in [1.165, 1.54) is 17.3 Å². The van der Waals surface area contributed by atoms with Gasteiger partial charge in [-0.15, -0.1) is 0 Å². The van der Waals surface area contributed by atoms with E-state index in [2.05, 4.69) is 41.3 Å². The third kappa shape index (κ3) is 3.73. The van der Waals surface area contributed by atoms with Gasteiger partial charge in [-0.25, -0.2) is 5.01 Å². The summed E-state index contributed by atoms with van der Waals surface area (Å²) >= 11 is 3.21. The van der Waals surface area contributed by atoms with Crippen molar-refractivity contribution in [1.82, 2.24) is 5.01 Å². The third-order valence-electron chi connectivity index (χ3n) is 4.30. The second-order valence-corrected chi connectivity index (χ2v) is 8.48. The number of carbonyl (C=O) groups excluding carboxylic acids is 1. The molecule has 0 spiro atoms. The summed E-state index contributed by atoms with van der Waals surface area (Å²) in [4.78, 5) is 17.2. The molecule has 1 atom stereocenters. The lowest BCUT2D eigenvalue weighted by molar-refractivity contribution is -0.130. The summed E-state index contributed by atoms with van der Waals surface area (Å²) in [6.07, 6.45) is 2.29. The Morgan fingerprint density at radius 1 is 1.35 bits per heavy atom. The van der Waals surface area contributed by atoms with E-state index < -0.39 is 0 Å². The van der Waals surface area contributed by atoms with Crippen molar-refractivity contribution in [2.24, 2.45) is 10.1 Å². The van der Waals surface area contributed by atoms with Crippen molar-refractivity contribution in [3.05, 3.63) is 59.5 Å². The van der Waals surface area contributed by atoms with Gasteiger partial charge in [-0.05, 0) is 24.6 Å². The summed E-state index contributed by atoms with van der Waals surface area (Å²) in [5.74, 6) is 2.09. The Balaban J connectivity index is 1.55. The molecule has 7 heteroatoms. The van der Waals surface area contributed by atoms with E-state index in [-0.39, 0.29) is 11.9 Å². The number of hydrogen-bond donors (Lipinski definition) is 0.